The molecule has 0 bridgehead atoms. The second kappa shape index (κ2) is 7.57. The summed E-state index contributed by atoms with van der Waals surface area (Å²) in [6, 6.07) is 9.40. The largest absolute Gasteiger partial charge is 0.360 e. The van der Waals surface area contributed by atoms with Crippen LogP contribution in [0, 0.1) is 17.5 Å². The zero-order valence-electron chi connectivity index (χ0n) is 13.6. The van der Waals surface area contributed by atoms with Crippen LogP contribution in [0.1, 0.15) is 0 Å². The lowest BCUT2D eigenvalue weighted by atomic mass is 10.2. The fourth-order valence-corrected chi connectivity index (χ4v) is 2.92. The third kappa shape index (κ3) is 4.51. The summed E-state index contributed by atoms with van der Waals surface area (Å²) in [6.07, 6.45) is 0. The standard InChI is InChI=1S/C18H18F3N3O/c19-13-1-4-15(5-2-13)24-9-7-23(8-10-24)12-18(25)22-17-6-3-14(20)11-16(17)21/h1-6,11H,7-10,12H2,(H,22,25)/p+1. The first-order chi connectivity index (χ1) is 12.0. The van der Waals surface area contributed by atoms with Crippen LogP contribution in [-0.2, 0) is 4.79 Å². The van der Waals surface area contributed by atoms with Gasteiger partial charge < -0.3 is 15.1 Å². The van der Waals surface area contributed by atoms with E-state index in [9.17, 15) is 18.0 Å². The van der Waals surface area contributed by atoms with Crippen LogP contribution in [0.4, 0.5) is 24.5 Å². The molecular weight excluding hydrogens is 331 g/mol. The van der Waals surface area contributed by atoms with Crippen LogP contribution < -0.4 is 15.1 Å². The fraction of sp³-hybridized carbons (Fsp3) is 0.278. The Morgan fingerprint density at radius 2 is 1.64 bits per heavy atom. The number of quaternary nitrogens is 1. The van der Waals surface area contributed by atoms with E-state index in [2.05, 4.69) is 10.2 Å². The predicted octanol–water partition coefficient (Wildman–Crippen LogP) is 1.45. The van der Waals surface area contributed by atoms with Gasteiger partial charge in [0.25, 0.3) is 5.91 Å². The van der Waals surface area contributed by atoms with E-state index < -0.39 is 11.6 Å². The zero-order chi connectivity index (χ0) is 17.8. The number of rotatable bonds is 4. The molecule has 7 heteroatoms. The van der Waals surface area contributed by atoms with E-state index in [-0.39, 0.29) is 24.0 Å². The van der Waals surface area contributed by atoms with Crippen molar-refractivity contribution in [1.29, 1.82) is 0 Å². The Kier molecular flexibility index (Phi) is 5.23. The number of halogens is 3. The Hall–Kier alpha value is -2.54. The zero-order valence-corrected chi connectivity index (χ0v) is 13.6. The molecule has 2 aromatic rings. The first-order valence-electron chi connectivity index (χ1n) is 8.10. The van der Waals surface area contributed by atoms with Gasteiger partial charge >= 0.3 is 0 Å². The highest BCUT2D eigenvalue weighted by Crippen LogP contribution is 2.15. The summed E-state index contributed by atoms with van der Waals surface area (Å²) in [7, 11) is 0. The van der Waals surface area contributed by atoms with Gasteiger partial charge in [-0.05, 0) is 36.4 Å². The van der Waals surface area contributed by atoms with E-state index in [4.69, 9.17) is 0 Å². The third-order valence-electron chi connectivity index (χ3n) is 4.28. The van der Waals surface area contributed by atoms with Crippen molar-refractivity contribution in [3.63, 3.8) is 0 Å². The van der Waals surface area contributed by atoms with Gasteiger partial charge in [0.05, 0.1) is 31.9 Å². The molecule has 2 aromatic carbocycles. The molecule has 0 unspecified atom stereocenters. The first-order valence-corrected chi connectivity index (χ1v) is 8.10. The molecule has 1 saturated heterocycles. The Labute approximate surface area is 143 Å². The van der Waals surface area contributed by atoms with Crippen molar-refractivity contribution in [2.24, 2.45) is 0 Å². The summed E-state index contributed by atoms with van der Waals surface area (Å²) in [5.74, 6) is -2.05. The Morgan fingerprint density at radius 3 is 2.28 bits per heavy atom. The minimum Gasteiger partial charge on any atom is -0.360 e. The highest BCUT2D eigenvalue weighted by molar-refractivity contribution is 5.91. The molecule has 4 nitrogen and oxygen atoms in total. The van der Waals surface area contributed by atoms with Crippen LogP contribution in [0.2, 0.25) is 0 Å². The monoisotopic (exact) mass is 350 g/mol. The van der Waals surface area contributed by atoms with E-state index >= 15 is 0 Å². The van der Waals surface area contributed by atoms with Crippen LogP contribution >= 0.6 is 0 Å². The molecule has 0 saturated carbocycles. The third-order valence-corrected chi connectivity index (χ3v) is 4.28. The van der Waals surface area contributed by atoms with Crippen LogP contribution in [0.5, 0.6) is 0 Å². The smallest absolute Gasteiger partial charge is 0.279 e. The van der Waals surface area contributed by atoms with Gasteiger partial charge in [-0.2, -0.15) is 0 Å². The molecular formula is C18H19F3N3O+. The minimum atomic E-state index is -0.788. The Morgan fingerprint density at radius 1 is 1.00 bits per heavy atom. The number of nitrogens with zero attached hydrogens (tertiary/aromatic N) is 1. The van der Waals surface area contributed by atoms with Gasteiger partial charge in [0, 0.05) is 11.8 Å². The van der Waals surface area contributed by atoms with Gasteiger partial charge in [0.15, 0.2) is 6.54 Å². The van der Waals surface area contributed by atoms with Crippen molar-refractivity contribution < 1.29 is 22.9 Å². The average molecular weight is 350 g/mol. The van der Waals surface area contributed by atoms with Gasteiger partial charge in [0.2, 0.25) is 0 Å². The minimum absolute atomic E-state index is 0.0178. The molecule has 1 aliphatic heterocycles. The second-order valence-corrected chi connectivity index (χ2v) is 6.06. The molecule has 25 heavy (non-hydrogen) atoms. The lowest BCUT2D eigenvalue weighted by Gasteiger charge is -2.33. The van der Waals surface area contributed by atoms with Crippen LogP contribution in [0.15, 0.2) is 42.5 Å². The van der Waals surface area contributed by atoms with Gasteiger partial charge in [-0.1, -0.05) is 0 Å². The Bertz CT molecular complexity index is 744. The van der Waals surface area contributed by atoms with E-state index in [1.165, 1.54) is 18.2 Å². The van der Waals surface area contributed by atoms with Gasteiger partial charge in [-0.15, -0.1) is 0 Å². The molecule has 0 spiro atoms. The predicted molar refractivity (Wildman–Crippen MR) is 89.2 cm³/mol. The number of benzene rings is 2. The van der Waals surface area contributed by atoms with Gasteiger partial charge in [-0.25, -0.2) is 13.2 Å². The number of piperazine rings is 1. The SMILES string of the molecule is O=C(C[NH+]1CCN(c2ccc(F)cc2)CC1)Nc1ccc(F)cc1F. The van der Waals surface area contributed by atoms with E-state index in [0.29, 0.717) is 0 Å². The maximum atomic E-state index is 13.6. The summed E-state index contributed by atoms with van der Waals surface area (Å²) in [5, 5.41) is 2.48. The molecule has 1 aliphatic rings. The van der Waals surface area contributed by atoms with Gasteiger partial charge in [-0.3, -0.25) is 4.79 Å². The molecule has 1 heterocycles. The molecule has 0 atom stereocenters. The van der Waals surface area contributed by atoms with Crippen molar-refractivity contribution in [3.05, 3.63) is 59.9 Å². The van der Waals surface area contributed by atoms with Crippen molar-refractivity contribution >= 4 is 17.3 Å². The average Bonchev–Trinajstić information content (AvgIpc) is 2.59. The lowest BCUT2D eigenvalue weighted by molar-refractivity contribution is -0.892. The van der Waals surface area contributed by atoms with E-state index in [0.717, 1.165) is 48.9 Å². The number of hydrogen-bond donors (Lipinski definition) is 2. The van der Waals surface area contributed by atoms with Crippen LogP contribution in [0.3, 0.4) is 0 Å². The maximum Gasteiger partial charge on any atom is 0.279 e. The fourth-order valence-electron chi connectivity index (χ4n) is 2.92. The molecule has 0 aliphatic carbocycles. The molecule has 132 valence electrons. The summed E-state index contributed by atoms with van der Waals surface area (Å²) in [5.41, 5.74) is 0.939. The number of carbonyl (C=O) groups is 1. The second-order valence-electron chi connectivity index (χ2n) is 6.06. The lowest BCUT2D eigenvalue weighted by Crippen LogP contribution is -3.15. The quantitative estimate of drug-likeness (QED) is 0.876. The van der Waals surface area contributed by atoms with Crippen LogP contribution in [-0.4, -0.2) is 38.6 Å². The van der Waals surface area contributed by atoms with Gasteiger partial charge in [0.1, 0.15) is 17.5 Å². The normalized spacial score (nSPS) is 15.2. The van der Waals surface area contributed by atoms with E-state index in [1.807, 2.05) is 0 Å². The molecule has 1 fully saturated rings. The van der Waals surface area contributed by atoms with Crippen molar-refractivity contribution in [3.8, 4) is 0 Å². The number of nitrogens with one attached hydrogen (secondary N) is 2. The topological polar surface area (TPSA) is 36.8 Å². The number of amides is 1. The van der Waals surface area contributed by atoms with Crippen molar-refractivity contribution in [2.75, 3.05) is 42.9 Å². The molecule has 2 N–H and O–H groups in total. The van der Waals surface area contributed by atoms with E-state index in [1.54, 1.807) is 12.1 Å². The number of anilines is 2. The van der Waals surface area contributed by atoms with Crippen molar-refractivity contribution in [2.45, 2.75) is 0 Å². The van der Waals surface area contributed by atoms with Crippen LogP contribution in [0.25, 0.3) is 0 Å². The molecule has 0 aromatic heterocycles. The molecule has 0 radical (unpaired) electrons. The highest BCUT2D eigenvalue weighted by atomic mass is 19.1. The summed E-state index contributed by atoms with van der Waals surface area (Å²) >= 11 is 0. The maximum absolute atomic E-state index is 13.6. The summed E-state index contributed by atoms with van der Waals surface area (Å²) in [6.45, 7) is 3.21. The molecule has 1 amide bonds. The Balaban J connectivity index is 1.50. The first kappa shape index (κ1) is 17.3. The van der Waals surface area contributed by atoms with Crippen molar-refractivity contribution in [1.82, 2.24) is 0 Å². The number of carbonyl (C=O) groups excluding carboxylic acids is 1. The summed E-state index contributed by atoms with van der Waals surface area (Å²) < 4.78 is 39.4. The highest BCUT2D eigenvalue weighted by Gasteiger charge is 2.22. The number of hydrogen-bond acceptors (Lipinski definition) is 2. The summed E-state index contributed by atoms with van der Waals surface area (Å²) in [4.78, 5) is 15.3. The molecule has 3 rings (SSSR count).